The number of rotatable bonds is 4. The molecule has 2 fully saturated rings. The van der Waals surface area contributed by atoms with Gasteiger partial charge in [0.05, 0.1) is 4.34 Å². The molecule has 0 spiro atoms. The molecular weight excluding hydrogens is 356 g/mol. The number of hydrogen-bond acceptors (Lipinski definition) is 4. The van der Waals surface area contributed by atoms with E-state index in [4.69, 9.17) is 11.6 Å². The molecular formula is C15H21ClN2O3S2. The zero-order valence-corrected chi connectivity index (χ0v) is 15.3. The number of thiophene rings is 1. The lowest BCUT2D eigenvalue weighted by Crippen LogP contribution is -2.39. The van der Waals surface area contributed by atoms with Crippen molar-refractivity contribution in [2.75, 3.05) is 26.2 Å². The first-order chi connectivity index (χ1) is 11.0. The summed E-state index contributed by atoms with van der Waals surface area (Å²) in [5.74, 6) is 0.523. The predicted octanol–water partition coefficient (Wildman–Crippen LogP) is 2.81. The van der Waals surface area contributed by atoms with Gasteiger partial charge < -0.3 is 4.90 Å². The van der Waals surface area contributed by atoms with Crippen LogP contribution in [-0.2, 0) is 14.8 Å². The molecule has 0 bridgehead atoms. The highest BCUT2D eigenvalue weighted by atomic mass is 35.5. The monoisotopic (exact) mass is 376 g/mol. The van der Waals surface area contributed by atoms with Gasteiger partial charge in [-0.2, -0.15) is 4.31 Å². The van der Waals surface area contributed by atoms with Gasteiger partial charge in [-0.25, -0.2) is 8.42 Å². The van der Waals surface area contributed by atoms with Gasteiger partial charge in [-0.05, 0) is 43.7 Å². The molecule has 128 valence electrons. The molecule has 0 unspecified atom stereocenters. The topological polar surface area (TPSA) is 57.7 Å². The molecule has 8 heteroatoms. The predicted molar refractivity (Wildman–Crippen MR) is 91.2 cm³/mol. The smallest absolute Gasteiger partial charge is 0.252 e. The Bertz CT molecular complexity index is 660. The van der Waals surface area contributed by atoms with Crippen LogP contribution >= 0.6 is 22.9 Å². The fourth-order valence-electron chi connectivity index (χ4n) is 3.26. The second-order valence-corrected chi connectivity index (χ2v) is 10.1. The summed E-state index contributed by atoms with van der Waals surface area (Å²) in [5, 5.41) is 0. The lowest BCUT2D eigenvalue weighted by molar-refractivity contribution is -0.131. The van der Waals surface area contributed by atoms with Gasteiger partial charge in [-0.1, -0.05) is 11.6 Å². The molecule has 2 aliphatic rings. The SMILES string of the molecule is O=C(CC1CCN(S(=O)(=O)c2ccc(Cl)s2)CC1)N1CCCC1. The normalized spacial score (nSPS) is 21.0. The van der Waals surface area contributed by atoms with Gasteiger partial charge in [-0.15, -0.1) is 11.3 Å². The molecule has 0 aliphatic carbocycles. The van der Waals surface area contributed by atoms with Gasteiger partial charge in [-0.3, -0.25) is 4.79 Å². The highest BCUT2D eigenvalue weighted by molar-refractivity contribution is 7.91. The first kappa shape index (κ1) is 17.2. The number of carbonyl (C=O) groups is 1. The molecule has 0 radical (unpaired) electrons. The number of nitrogens with zero attached hydrogens (tertiary/aromatic N) is 2. The molecule has 2 saturated heterocycles. The van der Waals surface area contributed by atoms with Crippen LogP contribution in [0.2, 0.25) is 4.34 Å². The maximum Gasteiger partial charge on any atom is 0.252 e. The Morgan fingerprint density at radius 2 is 1.83 bits per heavy atom. The number of amides is 1. The summed E-state index contributed by atoms with van der Waals surface area (Å²) in [6, 6.07) is 3.17. The molecule has 1 amide bonds. The Morgan fingerprint density at radius 3 is 2.39 bits per heavy atom. The van der Waals surface area contributed by atoms with Gasteiger partial charge in [0.25, 0.3) is 10.0 Å². The van der Waals surface area contributed by atoms with Crippen molar-refractivity contribution in [2.45, 2.75) is 36.3 Å². The van der Waals surface area contributed by atoms with Crippen LogP contribution in [0.4, 0.5) is 0 Å². The maximum absolute atomic E-state index is 12.5. The summed E-state index contributed by atoms with van der Waals surface area (Å²) in [6.45, 7) is 2.72. The molecule has 0 saturated carbocycles. The fourth-order valence-corrected chi connectivity index (χ4v) is 6.37. The largest absolute Gasteiger partial charge is 0.343 e. The van der Waals surface area contributed by atoms with Crippen molar-refractivity contribution < 1.29 is 13.2 Å². The fraction of sp³-hybridized carbons (Fsp3) is 0.667. The van der Waals surface area contributed by atoms with Crippen LogP contribution < -0.4 is 0 Å². The molecule has 0 N–H and O–H groups in total. The van der Waals surface area contributed by atoms with Crippen molar-refractivity contribution in [1.29, 1.82) is 0 Å². The maximum atomic E-state index is 12.5. The summed E-state index contributed by atoms with van der Waals surface area (Å²) in [4.78, 5) is 14.1. The molecule has 1 aromatic heterocycles. The van der Waals surface area contributed by atoms with Gasteiger partial charge >= 0.3 is 0 Å². The number of piperidine rings is 1. The summed E-state index contributed by atoms with van der Waals surface area (Å²) in [7, 11) is -3.44. The minimum atomic E-state index is -3.44. The minimum Gasteiger partial charge on any atom is -0.343 e. The lowest BCUT2D eigenvalue weighted by atomic mass is 9.94. The van der Waals surface area contributed by atoms with Crippen LogP contribution in [0.25, 0.3) is 0 Å². The van der Waals surface area contributed by atoms with Crippen molar-refractivity contribution in [3.63, 3.8) is 0 Å². The van der Waals surface area contributed by atoms with Crippen molar-refractivity contribution in [3.8, 4) is 0 Å². The molecule has 23 heavy (non-hydrogen) atoms. The zero-order valence-electron chi connectivity index (χ0n) is 12.9. The highest BCUT2D eigenvalue weighted by Crippen LogP contribution is 2.31. The molecule has 1 aromatic rings. The van der Waals surface area contributed by atoms with Crippen molar-refractivity contribution in [1.82, 2.24) is 9.21 Å². The van der Waals surface area contributed by atoms with Gasteiger partial charge in [0.2, 0.25) is 5.91 Å². The number of hydrogen-bond donors (Lipinski definition) is 0. The molecule has 3 heterocycles. The van der Waals surface area contributed by atoms with E-state index in [0.717, 1.165) is 50.1 Å². The van der Waals surface area contributed by atoms with Crippen LogP contribution in [0.1, 0.15) is 32.1 Å². The summed E-state index contributed by atoms with van der Waals surface area (Å²) >= 11 is 6.93. The minimum absolute atomic E-state index is 0.230. The van der Waals surface area contributed by atoms with E-state index in [9.17, 15) is 13.2 Å². The molecule has 0 atom stereocenters. The Balaban J connectivity index is 1.55. The van der Waals surface area contributed by atoms with E-state index >= 15 is 0 Å². The van der Waals surface area contributed by atoms with E-state index in [1.54, 1.807) is 12.1 Å². The number of carbonyl (C=O) groups excluding carboxylic acids is 1. The Morgan fingerprint density at radius 1 is 1.17 bits per heavy atom. The zero-order chi connectivity index (χ0) is 16.4. The Hall–Kier alpha value is -0.630. The quantitative estimate of drug-likeness (QED) is 0.811. The van der Waals surface area contributed by atoms with Crippen LogP contribution in [0, 0.1) is 5.92 Å². The van der Waals surface area contributed by atoms with Gasteiger partial charge in [0.1, 0.15) is 4.21 Å². The second-order valence-electron chi connectivity index (χ2n) is 6.20. The summed E-state index contributed by atoms with van der Waals surface area (Å²) in [6.07, 6.45) is 4.26. The third-order valence-electron chi connectivity index (χ3n) is 4.64. The summed E-state index contributed by atoms with van der Waals surface area (Å²) in [5.41, 5.74) is 0. The standard InChI is InChI=1S/C15H21ClN2O3S2/c16-13-3-4-15(22-13)23(20,21)18-9-5-12(6-10-18)11-14(19)17-7-1-2-8-17/h3-4,12H,1-2,5-11H2. The van der Waals surface area contributed by atoms with Crippen molar-refractivity contribution in [2.24, 2.45) is 5.92 Å². The van der Waals surface area contributed by atoms with Crippen LogP contribution in [-0.4, -0.2) is 49.7 Å². The molecule has 5 nitrogen and oxygen atoms in total. The molecule has 0 aromatic carbocycles. The molecule has 3 rings (SSSR count). The van der Waals surface area contributed by atoms with Crippen molar-refractivity contribution in [3.05, 3.63) is 16.5 Å². The van der Waals surface area contributed by atoms with Crippen LogP contribution in [0.15, 0.2) is 16.3 Å². The van der Waals surface area contributed by atoms with E-state index in [-0.39, 0.29) is 5.91 Å². The number of likely N-dealkylation sites (tertiary alicyclic amines) is 1. The third kappa shape index (κ3) is 3.90. The second kappa shape index (κ2) is 7.09. The van der Waals surface area contributed by atoms with E-state index in [2.05, 4.69) is 0 Å². The average molecular weight is 377 g/mol. The first-order valence-electron chi connectivity index (χ1n) is 8.00. The van der Waals surface area contributed by atoms with Crippen LogP contribution in [0.5, 0.6) is 0 Å². The van der Waals surface area contributed by atoms with Gasteiger partial charge in [0, 0.05) is 32.6 Å². The van der Waals surface area contributed by atoms with Crippen molar-refractivity contribution >= 4 is 38.9 Å². The number of sulfonamides is 1. The summed E-state index contributed by atoms with van der Waals surface area (Å²) < 4.78 is 27.4. The Labute approximate surface area is 146 Å². The van der Waals surface area contributed by atoms with Crippen LogP contribution in [0.3, 0.4) is 0 Å². The highest BCUT2D eigenvalue weighted by Gasteiger charge is 2.32. The van der Waals surface area contributed by atoms with E-state index in [1.807, 2.05) is 4.90 Å². The van der Waals surface area contributed by atoms with E-state index in [1.165, 1.54) is 4.31 Å². The van der Waals surface area contributed by atoms with E-state index in [0.29, 0.717) is 34.0 Å². The third-order valence-corrected chi connectivity index (χ3v) is 8.24. The van der Waals surface area contributed by atoms with Gasteiger partial charge in [0.15, 0.2) is 0 Å². The lowest BCUT2D eigenvalue weighted by Gasteiger charge is -2.31. The van der Waals surface area contributed by atoms with E-state index < -0.39 is 10.0 Å². The average Bonchev–Trinajstić information content (AvgIpc) is 3.19. The first-order valence-corrected chi connectivity index (χ1v) is 10.6. The molecule has 2 aliphatic heterocycles. The number of halogens is 1. The Kier molecular flexibility index (Phi) is 5.30.